The van der Waals surface area contributed by atoms with Gasteiger partial charge in [-0.25, -0.2) is 4.68 Å². The van der Waals surface area contributed by atoms with Crippen LogP contribution in [0.5, 0.6) is 5.75 Å². The first-order valence-corrected chi connectivity index (χ1v) is 8.50. The van der Waals surface area contributed by atoms with Crippen molar-refractivity contribution in [3.05, 3.63) is 36.2 Å². The van der Waals surface area contributed by atoms with Gasteiger partial charge in [0.25, 0.3) is 0 Å². The lowest BCUT2D eigenvalue weighted by atomic mass is 9.99. The molecule has 0 aliphatic carbocycles. The molecule has 0 bridgehead atoms. The molecule has 6 nitrogen and oxygen atoms in total. The summed E-state index contributed by atoms with van der Waals surface area (Å²) in [6.07, 6.45) is 3.48. The summed E-state index contributed by atoms with van der Waals surface area (Å²) in [6.45, 7) is 6.79. The second kappa shape index (κ2) is 8.06. The van der Waals surface area contributed by atoms with E-state index >= 15 is 0 Å². The normalized spacial score (nSPS) is 18.9. The highest BCUT2D eigenvalue weighted by Gasteiger charge is 2.22. The molecule has 0 amide bonds. The number of rotatable bonds is 7. The Morgan fingerprint density at radius 3 is 2.96 bits per heavy atom. The SMILES string of the molecule is CCCn1nnnc1CN1CCC[C@@H](COc2ccccc2)C1. The average molecular weight is 315 g/mol. The minimum atomic E-state index is 0.569. The summed E-state index contributed by atoms with van der Waals surface area (Å²) in [7, 11) is 0. The zero-order valence-electron chi connectivity index (χ0n) is 13.8. The van der Waals surface area contributed by atoms with Crippen molar-refractivity contribution in [2.75, 3.05) is 19.7 Å². The van der Waals surface area contributed by atoms with Crippen LogP contribution >= 0.6 is 0 Å². The van der Waals surface area contributed by atoms with Gasteiger partial charge in [0.1, 0.15) is 5.75 Å². The van der Waals surface area contributed by atoms with E-state index in [1.807, 2.05) is 35.0 Å². The molecule has 3 rings (SSSR count). The first kappa shape index (κ1) is 15.9. The van der Waals surface area contributed by atoms with E-state index in [9.17, 15) is 0 Å². The van der Waals surface area contributed by atoms with Crippen LogP contribution in [0.25, 0.3) is 0 Å². The van der Waals surface area contributed by atoms with Gasteiger partial charge in [0.05, 0.1) is 13.2 Å². The Balaban J connectivity index is 1.50. The van der Waals surface area contributed by atoms with Crippen LogP contribution in [0.4, 0.5) is 0 Å². The van der Waals surface area contributed by atoms with Crippen LogP contribution in [0.15, 0.2) is 30.3 Å². The molecule has 0 N–H and O–H groups in total. The first-order chi connectivity index (χ1) is 11.3. The van der Waals surface area contributed by atoms with Crippen LogP contribution < -0.4 is 4.74 Å². The number of hydrogen-bond acceptors (Lipinski definition) is 5. The van der Waals surface area contributed by atoms with Gasteiger partial charge in [0, 0.05) is 19.0 Å². The number of nitrogens with zero attached hydrogens (tertiary/aromatic N) is 5. The van der Waals surface area contributed by atoms with Gasteiger partial charge in [-0.15, -0.1) is 5.10 Å². The smallest absolute Gasteiger partial charge is 0.165 e. The van der Waals surface area contributed by atoms with E-state index in [1.165, 1.54) is 12.8 Å². The largest absolute Gasteiger partial charge is 0.493 e. The number of hydrogen-bond donors (Lipinski definition) is 0. The van der Waals surface area contributed by atoms with Crippen molar-refractivity contribution in [2.45, 2.75) is 39.3 Å². The van der Waals surface area contributed by atoms with Crippen molar-refractivity contribution in [3.8, 4) is 5.75 Å². The molecule has 1 aromatic heterocycles. The van der Waals surface area contributed by atoms with Gasteiger partial charge in [0.2, 0.25) is 0 Å². The third kappa shape index (κ3) is 4.51. The molecule has 1 saturated heterocycles. The van der Waals surface area contributed by atoms with Crippen LogP contribution in [0.2, 0.25) is 0 Å². The monoisotopic (exact) mass is 315 g/mol. The van der Waals surface area contributed by atoms with Crippen molar-refractivity contribution in [2.24, 2.45) is 5.92 Å². The Hall–Kier alpha value is -1.95. The Labute approximate surface area is 137 Å². The lowest BCUT2D eigenvalue weighted by Gasteiger charge is -2.32. The van der Waals surface area contributed by atoms with Gasteiger partial charge in [-0.1, -0.05) is 25.1 Å². The maximum atomic E-state index is 5.92. The van der Waals surface area contributed by atoms with Crippen molar-refractivity contribution in [1.29, 1.82) is 0 Å². The fourth-order valence-corrected chi connectivity index (χ4v) is 3.08. The average Bonchev–Trinajstić information content (AvgIpc) is 3.02. The molecule has 0 saturated carbocycles. The fourth-order valence-electron chi connectivity index (χ4n) is 3.08. The number of tetrazole rings is 1. The number of likely N-dealkylation sites (tertiary alicyclic amines) is 1. The zero-order valence-corrected chi connectivity index (χ0v) is 13.8. The molecule has 23 heavy (non-hydrogen) atoms. The molecule has 0 radical (unpaired) electrons. The number of aromatic nitrogens is 4. The molecule has 124 valence electrons. The maximum absolute atomic E-state index is 5.92. The first-order valence-electron chi connectivity index (χ1n) is 8.50. The lowest BCUT2D eigenvalue weighted by Crippen LogP contribution is -2.38. The summed E-state index contributed by atoms with van der Waals surface area (Å²) < 4.78 is 7.84. The van der Waals surface area contributed by atoms with Gasteiger partial charge < -0.3 is 4.74 Å². The highest BCUT2D eigenvalue weighted by Crippen LogP contribution is 2.19. The van der Waals surface area contributed by atoms with Crippen molar-refractivity contribution in [1.82, 2.24) is 25.1 Å². The van der Waals surface area contributed by atoms with E-state index in [1.54, 1.807) is 0 Å². The molecule has 6 heteroatoms. The maximum Gasteiger partial charge on any atom is 0.165 e. The van der Waals surface area contributed by atoms with Gasteiger partial charge in [-0.3, -0.25) is 4.90 Å². The minimum Gasteiger partial charge on any atom is -0.493 e. The van der Waals surface area contributed by atoms with Crippen LogP contribution in [-0.4, -0.2) is 44.8 Å². The summed E-state index contributed by atoms with van der Waals surface area (Å²) in [5, 5.41) is 12.1. The van der Waals surface area contributed by atoms with Crippen molar-refractivity contribution < 1.29 is 4.74 Å². The third-order valence-corrected chi connectivity index (χ3v) is 4.24. The van der Waals surface area contributed by atoms with Gasteiger partial charge in [-0.05, 0) is 48.4 Å². The van der Waals surface area contributed by atoms with E-state index in [0.717, 1.165) is 50.8 Å². The van der Waals surface area contributed by atoms with E-state index in [-0.39, 0.29) is 0 Å². The molecule has 1 aliphatic heterocycles. The van der Waals surface area contributed by atoms with Crippen LogP contribution in [0, 0.1) is 5.92 Å². The van der Waals surface area contributed by atoms with E-state index < -0.39 is 0 Å². The highest BCUT2D eigenvalue weighted by molar-refractivity contribution is 5.20. The molecule has 2 aromatic rings. The number of benzene rings is 1. The van der Waals surface area contributed by atoms with Gasteiger partial charge >= 0.3 is 0 Å². The molecule has 0 unspecified atom stereocenters. The number of ether oxygens (including phenoxy) is 1. The van der Waals surface area contributed by atoms with Crippen LogP contribution in [0.1, 0.15) is 32.0 Å². The van der Waals surface area contributed by atoms with Gasteiger partial charge in [0.15, 0.2) is 5.82 Å². The second-order valence-corrected chi connectivity index (χ2v) is 6.19. The van der Waals surface area contributed by atoms with Gasteiger partial charge in [-0.2, -0.15) is 0 Å². The quantitative estimate of drug-likeness (QED) is 0.785. The van der Waals surface area contributed by atoms with E-state index in [4.69, 9.17) is 4.74 Å². The summed E-state index contributed by atoms with van der Waals surface area (Å²) in [6, 6.07) is 10.1. The molecular formula is C17H25N5O. The Kier molecular flexibility index (Phi) is 5.58. The molecule has 2 heterocycles. The predicted octanol–water partition coefficient (Wildman–Crippen LogP) is 2.37. The molecule has 1 aromatic carbocycles. The summed E-state index contributed by atoms with van der Waals surface area (Å²) in [5.74, 6) is 2.49. The molecule has 1 aliphatic rings. The molecule has 0 spiro atoms. The minimum absolute atomic E-state index is 0.569. The van der Waals surface area contributed by atoms with Crippen molar-refractivity contribution >= 4 is 0 Å². The second-order valence-electron chi connectivity index (χ2n) is 6.19. The summed E-state index contributed by atoms with van der Waals surface area (Å²) >= 11 is 0. The standard InChI is InChI=1S/C17H25N5O/c1-2-10-22-17(18-19-20-22)13-21-11-6-7-15(12-21)14-23-16-8-4-3-5-9-16/h3-5,8-9,15H,2,6-7,10-14H2,1H3/t15-/m1/s1. The Morgan fingerprint density at radius 1 is 1.26 bits per heavy atom. The molecule has 1 fully saturated rings. The predicted molar refractivity (Wildman–Crippen MR) is 88.0 cm³/mol. The van der Waals surface area contributed by atoms with Crippen molar-refractivity contribution in [3.63, 3.8) is 0 Å². The fraction of sp³-hybridized carbons (Fsp3) is 0.588. The topological polar surface area (TPSA) is 56.1 Å². The zero-order chi connectivity index (χ0) is 15.9. The van der Waals surface area contributed by atoms with Crippen LogP contribution in [0.3, 0.4) is 0 Å². The number of aryl methyl sites for hydroxylation is 1. The third-order valence-electron chi connectivity index (χ3n) is 4.24. The van der Waals surface area contributed by atoms with E-state index in [2.05, 4.69) is 27.3 Å². The van der Waals surface area contributed by atoms with E-state index in [0.29, 0.717) is 5.92 Å². The summed E-state index contributed by atoms with van der Waals surface area (Å²) in [5.41, 5.74) is 0. The lowest BCUT2D eigenvalue weighted by molar-refractivity contribution is 0.121. The Morgan fingerprint density at radius 2 is 2.13 bits per heavy atom. The number of para-hydroxylation sites is 1. The van der Waals surface area contributed by atoms with Crippen LogP contribution in [-0.2, 0) is 13.1 Å². The molecular weight excluding hydrogens is 290 g/mol. The highest BCUT2D eigenvalue weighted by atomic mass is 16.5. The Bertz CT molecular complexity index is 586. The number of piperidine rings is 1. The molecule has 1 atom stereocenters. The summed E-state index contributed by atoms with van der Waals surface area (Å²) in [4.78, 5) is 2.44.